The zero-order valence-electron chi connectivity index (χ0n) is 6.00. The molecule has 58 valence electrons. The molecule has 1 aromatic rings. The monoisotopic (exact) mass is 154 g/mol. The predicted molar refractivity (Wildman–Crippen MR) is 38.8 cm³/mol. The van der Waals surface area contributed by atoms with Gasteiger partial charge < -0.3 is 0 Å². The molecule has 1 heterocycles. The molecular formula is C6H8N3O2+. The molecule has 5 heteroatoms. The molecule has 11 heavy (non-hydrogen) atoms. The van der Waals surface area contributed by atoms with Gasteiger partial charge in [-0.2, -0.15) is 0 Å². The van der Waals surface area contributed by atoms with Gasteiger partial charge in [0.2, 0.25) is 0 Å². The first-order valence-corrected chi connectivity index (χ1v) is 3.03. The summed E-state index contributed by atoms with van der Waals surface area (Å²) < 4.78 is 0. The average molecular weight is 154 g/mol. The van der Waals surface area contributed by atoms with Crippen LogP contribution in [0.5, 0.6) is 0 Å². The summed E-state index contributed by atoms with van der Waals surface area (Å²) in [6, 6.07) is 1.30. The molecule has 5 nitrogen and oxygen atoms in total. The Hall–Kier alpha value is -1.65. The van der Waals surface area contributed by atoms with Crippen molar-refractivity contribution in [2.24, 2.45) is 0 Å². The fourth-order valence-electron chi connectivity index (χ4n) is 0.765. The van der Waals surface area contributed by atoms with E-state index in [1.54, 1.807) is 6.92 Å². The first-order chi connectivity index (χ1) is 5.11. The van der Waals surface area contributed by atoms with E-state index in [9.17, 15) is 10.1 Å². The highest BCUT2D eigenvalue weighted by atomic mass is 16.6. The van der Waals surface area contributed by atoms with E-state index in [1.165, 1.54) is 12.3 Å². The van der Waals surface area contributed by atoms with Gasteiger partial charge in [-0.1, -0.05) is 0 Å². The van der Waals surface area contributed by atoms with Crippen molar-refractivity contribution in [1.82, 2.24) is 0 Å². The Kier molecular flexibility index (Phi) is 1.72. The third kappa shape index (κ3) is 1.43. The van der Waals surface area contributed by atoms with Crippen LogP contribution in [0.25, 0.3) is 0 Å². The van der Waals surface area contributed by atoms with Gasteiger partial charge in [-0.05, 0) is 6.92 Å². The number of hydrogen-bond acceptors (Lipinski definition) is 3. The number of nitrogen functional groups attached to an aromatic ring is 1. The number of pyridine rings is 1. The molecule has 0 unspecified atom stereocenters. The predicted octanol–water partition coefficient (Wildman–Crippen LogP) is 0.300. The van der Waals surface area contributed by atoms with Crippen molar-refractivity contribution in [3.05, 3.63) is 27.9 Å². The first-order valence-electron chi connectivity index (χ1n) is 3.03. The smallest absolute Gasteiger partial charge is 0.284 e. The first kappa shape index (κ1) is 7.46. The van der Waals surface area contributed by atoms with E-state index in [1.807, 2.05) is 0 Å². The van der Waals surface area contributed by atoms with Crippen LogP contribution < -0.4 is 10.7 Å². The second kappa shape index (κ2) is 2.53. The second-order valence-electron chi connectivity index (χ2n) is 2.21. The molecule has 3 N–H and O–H groups in total. The molecule has 0 saturated carbocycles. The third-order valence-electron chi connectivity index (χ3n) is 1.35. The van der Waals surface area contributed by atoms with Crippen LogP contribution in [0.15, 0.2) is 12.3 Å². The fraction of sp³-hybridized carbons (Fsp3) is 0.167. The Morgan fingerprint density at radius 1 is 1.73 bits per heavy atom. The van der Waals surface area contributed by atoms with E-state index in [0.29, 0.717) is 11.4 Å². The number of nitrogens with two attached hydrogens (primary N) is 1. The van der Waals surface area contributed by atoms with Gasteiger partial charge in [0.1, 0.15) is 6.07 Å². The maximum Gasteiger partial charge on any atom is 0.284 e. The molecule has 0 aromatic carbocycles. The maximum atomic E-state index is 10.3. The zero-order valence-corrected chi connectivity index (χ0v) is 6.00. The Morgan fingerprint density at radius 2 is 2.36 bits per heavy atom. The fourth-order valence-corrected chi connectivity index (χ4v) is 0.765. The summed E-state index contributed by atoms with van der Waals surface area (Å²) in [6.07, 6.45) is 1.51. The molecule has 0 radical (unpaired) electrons. The molecule has 0 atom stereocenters. The highest BCUT2D eigenvalue weighted by molar-refractivity contribution is 5.42. The zero-order chi connectivity index (χ0) is 8.43. The van der Waals surface area contributed by atoms with Crippen LogP contribution in [-0.2, 0) is 0 Å². The number of hydrogen-bond donors (Lipinski definition) is 1. The lowest BCUT2D eigenvalue weighted by Crippen LogP contribution is -2.11. The van der Waals surface area contributed by atoms with Gasteiger partial charge in [0.25, 0.3) is 11.5 Å². The van der Waals surface area contributed by atoms with Crippen molar-refractivity contribution < 1.29 is 9.91 Å². The van der Waals surface area contributed by atoms with E-state index in [4.69, 9.17) is 5.73 Å². The summed E-state index contributed by atoms with van der Waals surface area (Å²) in [5, 5.41) is 10.3. The Balaban J connectivity index is 3.23. The van der Waals surface area contributed by atoms with E-state index < -0.39 is 4.92 Å². The molecule has 0 saturated heterocycles. The number of aromatic nitrogens is 1. The van der Waals surface area contributed by atoms with Crippen LogP contribution in [-0.4, -0.2) is 4.92 Å². The average Bonchev–Trinajstić information content (AvgIpc) is 1.94. The molecule has 0 fully saturated rings. The highest BCUT2D eigenvalue weighted by Gasteiger charge is 2.12. The van der Waals surface area contributed by atoms with E-state index in [-0.39, 0.29) is 5.69 Å². The van der Waals surface area contributed by atoms with Gasteiger partial charge >= 0.3 is 0 Å². The second-order valence-corrected chi connectivity index (χ2v) is 2.21. The number of nitrogens with zero attached hydrogens (tertiary/aromatic N) is 1. The molecule has 1 rings (SSSR count). The number of nitro groups is 1. The number of anilines is 1. The molecule has 0 aliphatic heterocycles. The van der Waals surface area contributed by atoms with Crippen molar-refractivity contribution in [3.63, 3.8) is 0 Å². The Labute approximate surface area is 63.0 Å². The van der Waals surface area contributed by atoms with Gasteiger partial charge in [0.15, 0.2) is 0 Å². The van der Waals surface area contributed by atoms with Crippen LogP contribution in [0.1, 0.15) is 5.56 Å². The minimum atomic E-state index is -0.459. The minimum Gasteiger partial charge on any atom is -0.287 e. The van der Waals surface area contributed by atoms with Crippen molar-refractivity contribution in [2.75, 3.05) is 5.73 Å². The van der Waals surface area contributed by atoms with Gasteiger partial charge in [0.05, 0.1) is 16.7 Å². The number of aryl methyl sites for hydroxylation is 1. The quantitative estimate of drug-likeness (QED) is 0.466. The van der Waals surface area contributed by atoms with E-state index in [0.717, 1.165) is 0 Å². The van der Waals surface area contributed by atoms with Gasteiger partial charge in [-0.25, -0.2) is 4.98 Å². The summed E-state index contributed by atoms with van der Waals surface area (Å²) >= 11 is 0. The van der Waals surface area contributed by atoms with Crippen LogP contribution in [0.2, 0.25) is 0 Å². The summed E-state index contributed by atoms with van der Waals surface area (Å²) in [4.78, 5) is 12.5. The van der Waals surface area contributed by atoms with Crippen LogP contribution >= 0.6 is 0 Å². The normalized spacial score (nSPS) is 9.55. The summed E-state index contributed by atoms with van der Waals surface area (Å²) in [7, 11) is 0. The summed E-state index contributed by atoms with van der Waals surface area (Å²) in [6.45, 7) is 1.65. The largest absolute Gasteiger partial charge is 0.287 e. The minimum absolute atomic E-state index is 0.0428. The van der Waals surface area contributed by atoms with Crippen molar-refractivity contribution in [3.8, 4) is 0 Å². The van der Waals surface area contributed by atoms with Crippen molar-refractivity contribution in [2.45, 2.75) is 6.92 Å². The number of nitrogens with one attached hydrogen (secondary N) is 1. The lowest BCUT2D eigenvalue weighted by molar-refractivity contribution is -0.393. The lowest BCUT2D eigenvalue weighted by Gasteiger charge is -1.92. The lowest BCUT2D eigenvalue weighted by atomic mass is 10.2. The van der Waals surface area contributed by atoms with Gasteiger partial charge in [-0.3, -0.25) is 15.8 Å². The maximum absolute atomic E-state index is 10.3. The molecule has 0 spiro atoms. The Morgan fingerprint density at radius 3 is 2.82 bits per heavy atom. The molecule has 0 amide bonds. The molecule has 0 aliphatic carbocycles. The number of rotatable bonds is 1. The van der Waals surface area contributed by atoms with E-state index >= 15 is 0 Å². The molecular weight excluding hydrogens is 146 g/mol. The van der Waals surface area contributed by atoms with E-state index in [2.05, 4.69) is 4.98 Å². The molecule has 0 aliphatic rings. The summed E-state index contributed by atoms with van der Waals surface area (Å²) in [5.74, 6) is 0.294. The molecule has 0 bridgehead atoms. The number of aromatic amines is 1. The molecule has 1 aromatic heterocycles. The standard InChI is InChI=1S/C6H7N3O2/c1-4-3-8-6(7)2-5(4)9(10)11/h2-3H,1H3,(H2,7,8)/p+1. The van der Waals surface area contributed by atoms with Gasteiger partial charge in [0, 0.05) is 0 Å². The topological polar surface area (TPSA) is 83.3 Å². The van der Waals surface area contributed by atoms with Crippen LogP contribution in [0.4, 0.5) is 11.5 Å². The Bertz CT molecular complexity index is 298. The van der Waals surface area contributed by atoms with Crippen LogP contribution in [0.3, 0.4) is 0 Å². The van der Waals surface area contributed by atoms with Gasteiger partial charge in [-0.15, -0.1) is 0 Å². The van der Waals surface area contributed by atoms with Crippen molar-refractivity contribution in [1.29, 1.82) is 0 Å². The SMILES string of the molecule is Cc1c[nH+]c(N)cc1[N+](=O)[O-]. The highest BCUT2D eigenvalue weighted by Crippen LogP contribution is 2.15. The number of H-pyrrole nitrogens is 1. The van der Waals surface area contributed by atoms with Crippen molar-refractivity contribution >= 4 is 11.5 Å². The third-order valence-corrected chi connectivity index (χ3v) is 1.35. The van der Waals surface area contributed by atoms with Crippen LogP contribution in [0, 0.1) is 17.0 Å². The summed E-state index contributed by atoms with van der Waals surface area (Å²) in [5.41, 5.74) is 5.92.